The van der Waals surface area contributed by atoms with Gasteiger partial charge in [0.15, 0.2) is 0 Å². The van der Waals surface area contributed by atoms with Crippen LogP contribution in [0.15, 0.2) is 121 Å². The topological polar surface area (TPSA) is 67.0 Å². The zero-order valence-corrected chi connectivity index (χ0v) is 24.2. The Morgan fingerprint density at radius 1 is 0.791 bits per heavy atom. The molecule has 0 spiro atoms. The van der Waals surface area contributed by atoms with Crippen molar-refractivity contribution in [2.45, 2.75) is 19.4 Å². The number of aromatic nitrogens is 2. The quantitative estimate of drug-likeness (QED) is 0.185. The molecule has 2 N–H and O–H groups in total. The third kappa shape index (κ3) is 6.41. The van der Waals surface area contributed by atoms with Crippen LogP contribution in [0.2, 0.25) is 0 Å². The summed E-state index contributed by atoms with van der Waals surface area (Å²) in [5.74, 6) is 1.42. The minimum atomic E-state index is -0.149. The van der Waals surface area contributed by atoms with E-state index < -0.39 is 0 Å². The van der Waals surface area contributed by atoms with E-state index in [1.807, 2.05) is 79.7 Å². The third-order valence-corrected chi connectivity index (χ3v) is 7.62. The van der Waals surface area contributed by atoms with Crippen molar-refractivity contribution >= 4 is 28.8 Å². The molecule has 212 valence electrons. The Kier molecular flexibility index (Phi) is 8.14. The van der Waals surface area contributed by atoms with Gasteiger partial charge in [0.05, 0.1) is 31.0 Å². The Morgan fingerprint density at radius 2 is 1.47 bits per heavy atom. The predicted molar refractivity (Wildman–Crippen MR) is 176 cm³/mol. The molecule has 0 aliphatic rings. The molecular formula is C38H33N3O2. The van der Waals surface area contributed by atoms with Crippen molar-refractivity contribution in [2.75, 3.05) is 7.11 Å². The van der Waals surface area contributed by atoms with Crippen LogP contribution >= 0.6 is 0 Å². The number of carbonyl (C=O) groups excluding carboxylic acids is 1. The Labute approximate surface area is 251 Å². The number of nitrogens with one attached hydrogen (secondary N) is 2. The summed E-state index contributed by atoms with van der Waals surface area (Å²) in [5, 5.41) is 5.51. The fourth-order valence-corrected chi connectivity index (χ4v) is 5.38. The van der Waals surface area contributed by atoms with Gasteiger partial charge >= 0.3 is 0 Å². The summed E-state index contributed by atoms with van der Waals surface area (Å²) < 4.78 is 5.27. The first-order valence-electron chi connectivity index (χ1n) is 14.4. The summed E-state index contributed by atoms with van der Waals surface area (Å²) in [5.41, 5.74) is 6.88. The molecule has 1 heterocycles. The van der Waals surface area contributed by atoms with Gasteiger partial charge in [-0.2, -0.15) is 0 Å². The molecule has 0 fully saturated rings. The average molecular weight is 564 g/mol. The molecule has 1 atom stereocenters. The van der Waals surface area contributed by atoms with E-state index in [0.717, 1.165) is 55.7 Å². The Bertz CT molecular complexity index is 1870. The standard InChI is InChI=1S/C38H33N3O2/c1-26(33-14-8-12-30-11-6-7-13-34(30)33)39-37(42)25-35-38(31-20-18-29(19-21-31)28-9-4-3-5-10-28)41-36(40-35)24-17-27-15-22-32(43-2)23-16-27/h3-24,26H,25H2,1-2H3,(H,39,42)(H,40,41). The molecule has 5 aromatic carbocycles. The normalized spacial score (nSPS) is 12.0. The van der Waals surface area contributed by atoms with Gasteiger partial charge in [-0.3, -0.25) is 4.79 Å². The molecule has 0 radical (unpaired) electrons. The molecule has 1 unspecified atom stereocenters. The second kappa shape index (κ2) is 12.6. The summed E-state index contributed by atoms with van der Waals surface area (Å²) in [6.45, 7) is 2.03. The highest BCUT2D eigenvalue weighted by Gasteiger charge is 2.18. The van der Waals surface area contributed by atoms with Gasteiger partial charge in [0.1, 0.15) is 11.6 Å². The Hall–Kier alpha value is -5.42. The number of nitrogens with zero attached hydrogens (tertiary/aromatic N) is 1. The van der Waals surface area contributed by atoms with Crippen LogP contribution in [-0.4, -0.2) is 23.0 Å². The van der Waals surface area contributed by atoms with E-state index >= 15 is 0 Å². The lowest BCUT2D eigenvalue weighted by Gasteiger charge is -2.17. The lowest BCUT2D eigenvalue weighted by molar-refractivity contribution is -0.121. The number of H-pyrrole nitrogens is 1. The van der Waals surface area contributed by atoms with Crippen LogP contribution in [0, 0.1) is 0 Å². The molecule has 5 nitrogen and oxygen atoms in total. The van der Waals surface area contributed by atoms with Gasteiger partial charge in [0.2, 0.25) is 5.91 Å². The lowest BCUT2D eigenvalue weighted by Crippen LogP contribution is -2.28. The van der Waals surface area contributed by atoms with Crippen molar-refractivity contribution in [3.63, 3.8) is 0 Å². The number of hydrogen-bond donors (Lipinski definition) is 2. The molecule has 0 aliphatic carbocycles. The molecule has 1 amide bonds. The first-order valence-corrected chi connectivity index (χ1v) is 14.4. The number of benzene rings is 5. The highest BCUT2D eigenvalue weighted by Crippen LogP contribution is 2.28. The lowest BCUT2D eigenvalue weighted by atomic mass is 9.99. The summed E-state index contributed by atoms with van der Waals surface area (Å²) in [7, 11) is 1.65. The molecule has 0 aliphatic heterocycles. The van der Waals surface area contributed by atoms with E-state index in [9.17, 15) is 4.79 Å². The first kappa shape index (κ1) is 27.7. The maximum Gasteiger partial charge on any atom is 0.226 e. The van der Waals surface area contributed by atoms with Crippen molar-refractivity contribution in [2.24, 2.45) is 0 Å². The molecule has 0 saturated carbocycles. The molecule has 6 aromatic rings. The summed E-state index contributed by atoms with van der Waals surface area (Å²) in [4.78, 5) is 21.7. The fourth-order valence-electron chi connectivity index (χ4n) is 5.38. The number of amides is 1. The van der Waals surface area contributed by atoms with E-state index in [-0.39, 0.29) is 18.4 Å². The maximum absolute atomic E-state index is 13.4. The zero-order valence-electron chi connectivity index (χ0n) is 24.2. The van der Waals surface area contributed by atoms with Crippen LogP contribution in [0.3, 0.4) is 0 Å². The highest BCUT2D eigenvalue weighted by atomic mass is 16.5. The van der Waals surface area contributed by atoms with Crippen LogP contribution in [0.5, 0.6) is 5.75 Å². The van der Waals surface area contributed by atoms with Gasteiger partial charge in [0, 0.05) is 5.56 Å². The van der Waals surface area contributed by atoms with Crippen LogP contribution in [0.4, 0.5) is 0 Å². The molecule has 5 heteroatoms. The SMILES string of the molecule is COc1ccc(C=Cc2nc(-c3ccc(-c4ccccc4)cc3)c(CC(=O)NC(C)c3cccc4ccccc34)[nH]2)cc1. The number of imidazole rings is 1. The summed E-state index contributed by atoms with van der Waals surface area (Å²) >= 11 is 0. The molecule has 43 heavy (non-hydrogen) atoms. The monoisotopic (exact) mass is 563 g/mol. The molecular weight excluding hydrogens is 530 g/mol. The van der Waals surface area contributed by atoms with Gasteiger partial charge in [-0.1, -0.05) is 115 Å². The number of methoxy groups -OCH3 is 1. The van der Waals surface area contributed by atoms with Crippen molar-refractivity contribution in [3.8, 4) is 28.1 Å². The van der Waals surface area contributed by atoms with Gasteiger partial charge in [0.25, 0.3) is 0 Å². The van der Waals surface area contributed by atoms with Crippen LogP contribution in [0.1, 0.15) is 35.6 Å². The van der Waals surface area contributed by atoms with Crippen molar-refractivity contribution in [3.05, 3.63) is 144 Å². The van der Waals surface area contributed by atoms with E-state index in [0.29, 0.717) is 5.82 Å². The minimum absolute atomic E-state index is 0.0723. The average Bonchev–Trinajstić information content (AvgIpc) is 3.46. The number of rotatable bonds is 9. The second-order valence-electron chi connectivity index (χ2n) is 10.5. The molecule has 6 rings (SSSR count). The van der Waals surface area contributed by atoms with Crippen LogP contribution in [-0.2, 0) is 11.2 Å². The highest BCUT2D eigenvalue weighted by molar-refractivity contribution is 5.87. The van der Waals surface area contributed by atoms with E-state index in [1.54, 1.807) is 7.11 Å². The third-order valence-electron chi connectivity index (χ3n) is 7.62. The molecule has 0 bridgehead atoms. The largest absolute Gasteiger partial charge is 0.497 e. The van der Waals surface area contributed by atoms with Gasteiger partial charge in [-0.15, -0.1) is 0 Å². The van der Waals surface area contributed by atoms with Gasteiger partial charge in [-0.25, -0.2) is 4.98 Å². The summed E-state index contributed by atoms with van der Waals surface area (Å²) in [6, 6.07) is 40.7. The first-order chi connectivity index (χ1) is 21.1. The maximum atomic E-state index is 13.4. The van der Waals surface area contributed by atoms with Gasteiger partial charge < -0.3 is 15.0 Å². The van der Waals surface area contributed by atoms with Crippen LogP contribution < -0.4 is 10.1 Å². The Morgan fingerprint density at radius 3 is 2.23 bits per heavy atom. The van der Waals surface area contributed by atoms with Crippen molar-refractivity contribution in [1.82, 2.24) is 15.3 Å². The van der Waals surface area contributed by atoms with E-state index in [4.69, 9.17) is 9.72 Å². The minimum Gasteiger partial charge on any atom is -0.497 e. The fraction of sp³-hybridized carbons (Fsp3) is 0.105. The molecule has 1 aromatic heterocycles. The number of aromatic amines is 1. The molecule has 0 saturated heterocycles. The van der Waals surface area contributed by atoms with Gasteiger partial charge in [-0.05, 0) is 58.2 Å². The smallest absolute Gasteiger partial charge is 0.226 e. The van der Waals surface area contributed by atoms with Crippen molar-refractivity contribution < 1.29 is 9.53 Å². The van der Waals surface area contributed by atoms with E-state index in [2.05, 4.69) is 71.0 Å². The number of carbonyl (C=O) groups is 1. The van der Waals surface area contributed by atoms with Crippen LogP contribution in [0.25, 0.3) is 45.3 Å². The number of hydrogen-bond acceptors (Lipinski definition) is 3. The number of fused-ring (bicyclic) bond motifs is 1. The second-order valence-corrected chi connectivity index (χ2v) is 10.5. The predicted octanol–water partition coefficient (Wildman–Crippen LogP) is 8.50. The number of ether oxygens (including phenoxy) is 1. The Balaban J connectivity index is 1.27. The summed E-state index contributed by atoms with van der Waals surface area (Å²) in [6.07, 6.45) is 4.10. The van der Waals surface area contributed by atoms with Crippen molar-refractivity contribution in [1.29, 1.82) is 0 Å². The van der Waals surface area contributed by atoms with E-state index in [1.165, 1.54) is 0 Å². The zero-order chi connectivity index (χ0) is 29.6.